The lowest BCUT2D eigenvalue weighted by atomic mass is 9.87. The second kappa shape index (κ2) is 8.64. The fourth-order valence-electron chi connectivity index (χ4n) is 3.17. The first kappa shape index (κ1) is 22.4. The number of hydrogen-bond acceptors (Lipinski definition) is 5. The predicted molar refractivity (Wildman–Crippen MR) is 111 cm³/mol. The Labute approximate surface area is 171 Å². The van der Waals surface area contributed by atoms with E-state index in [0.29, 0.717) is 22.6 Å². The van der Waals surface area contributed by atoms with Crippen LogP contribution in [0, 0.1) is 13.8 Å². The van der Waals surface area contributed by atoms with Gasteiger partial charge in [0.05, 0.1) is 5.69 Å². The monoisotopic (exact) mass is 399 g/mol. The maximum absolute atomic E-state index is 12.4. The quantitative estimate of drug-likeness (QED) is 0.553. The molecule has 2 rings (SSSR count). The molecule has 0 unspecified atom stereocenters. The Morgan fingerprint density at radius 2 is 1.66 bits per heavy atom. The van der Waals surface area contributed by atoms with Crippen molar-refractivity contribution in [2.75, 3.05) is 6.61 Å². The number of H-pyrrole nitrogens is 1. The molecule has 0 aliphatic rings. The van der Waals surface area contributed by atoms with Crippen LogP contribution in [-0.4, -0.2) is 35.2 Å². The number of carbonyl (C=O) groups excluding carboxylic acids is 3. The first-order valence-corrected chi connectivity index (χ1v) is 9.59. The van der Waals surface area contributed by atoms with Crippen LogP contribution in [0.5, 0.6) is 5.75 Å². The van der Waals surface area contributed by atoms with E-state index in [0.717, 1.165) is 5.56 Å². The van der Waals surface area contributed by atoms with Gasteiger partial charge in [0.25, 0.3) is 0 Å². The van der Waals surface area contributed by atoms with Gasteiger partial charge in [-0.25, -0.2) is 4.79 Å². The van der Waals surface area contributed by atoms with Crippen LogP contribution in [0.3, 0.4) is 0 Å². The molecule has 2 aromatic rings. The van der Waals surface area contributed by atoms with Gasteiger partial charge in [-0.1, -0.05) is 32.9 Å². The van der Waals surface area contributed by atoms with Crippen molar-refractivity contribution in [2.24, 2.45) is 0 Å². The third kappa shape index (κ3) is 5.34. The summed E-state index contributed by atoms with van der Waals surface area (Å²) in [6.07, 6.45) is -0.859. The molecule has 1 aromatic heterocycles. The molecule has 0 bridgehead atoms. The van der Waals surface area contributed by atoms with Gasteiger partial charge in [-0.15, -0.1) is 0 Å². The van der Waals surface area contributed by atoms with Crippen molar-refractivity contribution in [3.63, 3.8) is 0 Å². The second-order valence-electron chi connectivity index (χ2n) is 8.25. The van der Waals surface area contributed by atoms with E-state index < -0.39 is 24.5 Å². The normalized spacial score (nSPS) is 12.4. The van der Waals surface area contributed by atoms with Crippen LogP contribution < -0.4 is 4.74 Å². The third-order valence-corrected chi connectivity index (χ3v) is 4.78. The van der Waals surface area contributed by atoms with Crippen LogP contribution >= 0.6 is 0 Å². The van der Waals surface area contributed by atoms with E-state index in [1.807, 2.05) is 24.3 Å². The number of benzene rings is 1. The molecule has 0 spiro atoms. The summed E-state index contributed by atoms with van der Waals surface area (Å²) in [5.74, 6) is -0.596. The van der Waals surface area contributed by atoms with E-state index >= 15 is 0 Å². The molecule has 6 nitrogen and oxygen atoms in total. The van der Waals surface area contributed by atoms with E-state index in [4.69, 9.17) is 9.47 Å². The van der Waals surface area contributed by atoms with Crippen molar-refractivity contribution in [3.05, 3.63) is 52.3 Å². The lowest BCUT2D eigenvalue weighted by Crippen LogP contribution is -2.28. The minimum Gasteiger partial charge on any atom is -0.479 e. The molecule has 1 heterocycles. The summed E-state index contributed by atoms with van der Waals surface area (Å²) < 4.78 is 10.7. The molecule has 0 fully saturated rings. The van der Waals surface area contributed by atoms with Gasteiger partial charge in [0.2, 0.25) is 5.78 Å². The van der Waals surface area contributed by atoms with Gasteiger partial charge in [-0.2, -0.15) is 0 Å². The lowest BCUT2D eigenvalue weighted by Gasteiger charge is -2.20. The first-order valence-electron chi connectivity index (χ1n) is 9.59. The maximum atomic E-state index is 12.4. The average molecular weight is 399 g/mol. The van der Waals surface area contributed by atoms with Gasteiger partial charge in [-0.3, -0.25) is 9.59 Å². The number of aromatic nitrogens is 1. The van der Waals surface area contributed by atoms with Crippen LogP contribution in [-0.2, 0) is 14.9 Å². The van der Waals surface area contributed by atoms with Gasteiger partial charge < -0.3 is 14.5 Å². The van der Waals surface area contributed by atoms with Crippen LogP contribution in [0.25, 0.3) is 0 Å². The highest BCUT2D eigenvalue weighted by Crippen LogP contribution is 2.25. The number of ketones is 2. The zero-order valence-electron chi connectivity index (χ0n) is 18.1. The summed E-state index contributed by atoms with van der Waals surface area (Å²) in [6, 6.07) is 7.54. The summed E-state index contributed by atoms with van der Waals surface area (Å²) in [4.78, 5) is 39.2. The summed E-state index contributed by atoms with van der Waals surface area (Å²) in [5, 5.41) is 0. The van der Waals surface area contributed by atoms with Gasteiger partial charge in [0.15, 0.2) is 18.5 Å². The lowest BCUT2D eigenvalue weighted by molar-refractivity contribution is -0.149. The first-order chi connectivity index (χ1) is 13.4. The summed E-state index contributed by atoms with van der Waals surface area (Å²) in [7, 11) is 0. The average Bonchev–Trinajstić information content (AvgIpc) is 2.93. The highest BCUT2D eigenvalue weighted by atomic mass is 16.6. The smallest absolute Gasteiger partial charge is 0.347 e. The van der Waals surface area contributed by atoms with Gasteiger partial charge in [0, 0.05) is 11.3 Å². The molecule has 1 aromatic carbocycles. The Morgan fingerprint density at radius 3 is 2.14 bits per heavy atom. The number of esters is 1. The highest BCUT2D eigenvalue weighted by molar-refractivity contribution is 6.04. The predicted octanol–water partition coefficient (Wildman–Crippen LogP) is 4.33. The Balaban J connectivity index is 1.96. The molecule has 0 radical (unpaired) electrons. The molecule has 0 aliphatic carbocycles. The Bertz CT molecular complexity index is 916. The van der Waals surface area contributed by atoms with Crippen molar-refractivity contribution in [2.45, 2.75) is 60.0 Å². The van der Waals surface area contributed by atoms with Crippen molar-refractivity contribution in [3.8, 4) is 5.75 Å². The standard InChI is InChI=1S/C23H29NO5/c1-13-20(15(3)25)14(2)24-21(13)19(26)12-28-22(27)16(4)29-18-10-8-17(9-11-18)23(5,6)7/h8-11,16,24H,12H2,1-7H3/t16-/m0/s1. The van der Waals surface area contributed by atoms with E-state index in [-0.39, 0.29) is 16.9 Å². The molecule has 29 heavy (non-hydrogen) atoms. The molecule has 0 aliphatic heterocycles. The third-order valence-electron chi connectivity index (χ3n) is 4.78. The second-order valence-corrected chi connectivity index (χ2v) is 8.25. The van der Waals surface area contributed by atoms with Crippen molar-refractivity contribution in [1.82, 2.24) is 4.98 Å². The number of carbonyl (C=O) groups is 3. The highest BCUT2D eigenvalue weighted by Gasteiger charge is 2.23. The Hall–Kier alpha value is -2.89. The minimum atomic E-state index is -0.859. The van der Waals surface area contributed by atoms with E-state index in [9.17, 15) is 14.4 Å². The fourth-order valence-corrected chi connectivity index (χ4v) is 3.17. The van der Waals surface area contributed by atoms with Crippen LogP contribution in [0.1, 0.15) is 72.3 Å². The number of nitrogens with one attached hydrogen (secondary N) is 1. The van der Waals surface area contributed by atoms with Crippen molar-refractivity contribution in [1.29, 1.82) is 0 Å². The molecule has 1 N–H and O–H groups in total. The number of hydrogen-bond donors (Lipinski definition) is 1. The topological polar surface area (TPSA) is 85.5 Å². The van der Waals surface area contributed by atoms with Gasteiger partial charge >= 0.3 is 5.97 Å². The van der Waals surface area contributed by atoms with E-state index in [1.54, 1.807) is 20.8 Å². The number of rotatable bonds is 7. The molecule has 1 atom stereocenters. The number of aryl methyl sites for hydroxylation is 1. The Kier molecular flexibility index (Phi) is 6.67. The zero-order chi connectivity index (χ0) is 21.9. The molecule has 0 saturated carbocycles. The van der Waals surface area contributed by atoms with Crippen molar-refractivity contribution >= 4 is 17.5 Å². The summed E-state index contributed by atoms with van der Waals surface area (Å²) in [6.45, 7) is 12.4. The fraction of sp³-hybridized carbons (Fsp3) is 0.435. The van der Waals surface area contributed by atoms with E-state index in [2.05, 4.69) is 25.8 Å². The molecule has 6 heteroatoms. The number of aromatic amines is 1. The number of Topliss-reactive ketones (excluding diaryl/α,β-unsaturated/α-hetero) is 2. The molecular formula is C23H29NO5. The molecule has 156 valence electrons. The zero-order valence-corrected chi connectivity index (χ0v) is 18.1. The van der Waals surface area contributed by atoms with Crippen LogP contribution in [0.15, 0.2) is 24.3 Å². The van der Waals surface area contributed by atoms with Crippen LogP contribution in [0.4, 0.5) is 0 Å². The molecule has 0 saturated heterocycles. The van der Waals surface area contributed by atoms with Gasteiger partial charge in [-0.05, 0) is 56.4 Å². The van der Waals surface area contributed by atoms with Gasteiger partial charge in [0.1, 0.15) is 5.75 Å². The minimum absolute atomic E-state index is 0.0278. The SMILES string of the molecule is CC(=O)c1c(C)[nH]c(C(=O)COC(=O)[C@H](C)Oc2ccc(C(C)(C)C)cc2)c1C. The summed E-state index contributed by atoms with van der Waals surface area (Å²) >= 11 is 0. The Morgan fingerprint density at radius 1 is 1.07 bits per heavy atom. The number of ether oxygens (including phenoxy) is 2. The largest absolute Gasteiger partial charge is 0.479 e. The molecular weight excluding hydrogens is 370 g/mol. The molecule has 0 amide bonds. The van der Waals surface area contributed by atoms with Crippen molar-refractivity contribution < 1.29 is 23.9 Å². The summed E-state index contributed by atoms with van der Waals surface area (Å²) in [5.41, 5.74) is 3.16. The van der Waals surface area contributed by atoms with E-state index in [1.165, 1.54) is 6.92 Å². The van der Waals surface area contributed by atoms with Crippen LogP contribution in [0.2, 0.25) is 0 Å². The maximum Gasteiger partial charge on any atom is 0.347 e.